The monoisotopic (exact) mass is 608 g/mol. The molecule has 0 unspecified atom stereocenters. The maximum absolute atomic E-state index is 13.4. The van der Waals surface area contributed by atoms with Gasteiger partial charge in [0.1, 0.15) is 10.3 Å². The van der Waals surface area contributed by atoms with E-state index in [1.807, 2.05) is 20.8 Å². The Morgan fingerprint density at radius 3 is 1.84 bits per heavy atom. The van der Waals surface area contributed by atoms with Gasteiger partial charge in [0, 0.05) is 16.9 Å². The third-order valence-electron chi connectivity index (χ3n) is 6.09. The van der Waals surface area contributed by atoms with Crippen LogP contribution in [0.3, 0.4) is 0 Å². The first-order valence-corrected chi connectivity index (χ1v) is 12.5. The fraction of sp³-hybridized carbons (Fsp3) is 0.250. The van der Waals surface area contributed by atoms with E-state index in [2.05, 4.69) is 21.0 Å². The Morgan fingerprint density at radius 1 is 0.837 bits per heavy atom. The van der Waals surface area contributed by atoms with Gasteiger partial charge in [0.25, 0.3) is 5.91 Å². The largest absolute Gasteiger partial charge is 0.416 e. The van der Waals surface area contributed by atoms with Crippen LogP contribution in [0.15, 0.2) is 77.1 Å². The summed E-state index contributed by atoms with van der Waals surface area (Å²) in [7, 11) is 0. The highest BCUT2D eigenvalue weighted by atomic mass is 19.4. The van der Waals surface area contributed by atoms with E-state index in [1.165, 1.54) is 24.3 Å². The number of alkyl halides is 6. The lowest BCUT2D eigenvalue weighted by molar-refractivity contribution is -0.222. The molecule has 0 atom stereocenters. The van der Waals surface area contributed by atoms with Crippen LogP contribution >= 0.6 is 0 Å². The van der Waals surface area contributed by atoms with Gasteiger partial charge in [-0.25, -0.2) is 4.79 Å². The zero-order chi connectivity index (χ0) is 32.2. The molecule has 0 aliphatic carbocycles. The van der Waals surface area contributed by atoms with Gasteiger partial charge >= 0.3 is 24.3 Å². The smallest absolute Gasteiger partial charge is 0.346 e. The molecule has 0 aliphatic rings. The van der Waals surface area contributed by atoms with Crippen LogP contribution in [0, 0.1) is 0 Å². The standard InChI is InChI=1S/C28H27F6N7O2/c1-26(2,3)18-8-10-22(11-9-18)41(15-16-4-6-17(7-5-16)23(42)38-24(35)39-40-36)25(43)37-21-13-19(27(29,30)31)12-20(14-21)28(32,33)34/h4-14H,15H2,1-3H3,(H,37,43)(H4,35,36,38,39,42)/p+1. The first kappa shape index (κ1) is 32.6. The summed E-state index contributed by atoms with van der Waals surface area (Å²) in [5.41, 5.74) is 8.13. The maximum Gasteiger partial charge on any atom is 0.416 e. The topological polar surface area (TPSA) is 138 Å². The molecule has 0 fully saturated rings. The highest BCUT2D eigenvalue weighted by molar-refractivity contribution is 6.05. The van der Waals surface area contributed by atoms with Crippen molar-refractivity contribution >= 4 is 29.3 Å². The fourth-order valence-electron chi connectivity index (χ4n) is 3.86. The third-order valence-corrected chi connectivity index (χ3v) is 6.09. The van der Waals surface area contributed by atoms with Crippen molar-refractivity contribution in [2.24, 2.45) is 16.1 Å². The van der Waals surface area contributed by atoms with Gasteiger partial charge < -0.3 is 11.1 Å². The molecule has 228 valence electrons. The molecule has 0 spiro atoms. The van der Waals surface area contributed by atoms with Crippen molar-refractivity contribution in [2.45, 2.75) is 45.1 Å². The molecular formula is C28H28F6N7O2+. The van der Waals surface area contributed by atoms with Crippen molar-refractivity contribution in [1.29, 1.82) is 0 Å². The van der Waals surface area contributed by atoms with Gasteiger partial charge in [-0.05, 0) is 59.0 Å². The molecule has 43 heavy (non-hydrogen) atoms. The van der Waals surface area contributed by atoms with Gasteiger partial charge in [-0.15, -0.1) is 0 Å². The Balaban J connectivity index is 1.97. The lowest BCUT2D eigenvalue weighted by atomic mass is 9.87. The average Bonchev–Trinajstić information content (AvgIpc) is 2.90. The number of benzene rings is 3. The Kier molecular flexibility index (Phi) is 9.47. The summed E-state index contributed by atoms with van der Waals surface area (Å²) in [6.45, 7) is 5.75. The Morgan fingerprint density at radius 2 is 1.37 bits per heavy atom. The van der Waals surface area contributed by atoms with Crippen LogP contribution in [-0.2, 0) is 24.3 Å². The Bertz CT molecular complexity index is 1480. The van der Waals surface area contributed by atoms with Crippen LogP contribution in [0.25, 0.3) is 0 Å². The number of nitrogens with two attached hydrogens (primary N) is 2. The molecule has 15 heteroatoms. The van der Waals surface area contributed by atoms with Gasteiger partial charge in [-0.2, -0.15) is 31.9 Å². The number of rotatable bonds is 6. The predicted molar refractivity (Wildman–Crippen MR) is 147 cm³/mol. The SMILES string of the molecule is CC(C)(C)c1ccc(N(Cc2ccc(C(=O)N/C(N)=N/N=[NH2+])cc2)C(=O)Nc2cc(C(F)(F)F)cc(C(F)(F)F)c2)cc1. The maximum atomic E-state index is 13.4. The fourth-order valence-corrected chi connectivity index (χ4v) is 3.86. The molecule has 3 amide bonds. The number of nitrogens with one attached hydrogen (secondary N) is 2. The normalized spacial score (nSPS) is 12.4. The highest BCUT2D eigenvalue weighted by Gasteiger charge is 2.37. The second-order valence-corrected chi connectivity index (χ2v) is 10.4. The van der Waals surface area contributed by atoms with E-state index < -0.39 is 41.1 Å². The number of hydrogen-bond donors (Lipinski definition) is 4. The molecule has 0 saturated carbocycles. The molecule has 0 saturated heterocycles. The van der Waals surface area contributed by atoms with E-state index in [9.17, 15) is 35.9 Å². The molecule has 3 aromatic rings. The van der Waals surface area contributed by atoms with Crippen LogP contribution in [0.4, 0.5) is 42.5 Å². The van der Waals surface area contributed by atoms with Crippen molar-refractivity contribution in [3.63, 3.8) is 0 Å². The summed E-state index contributed by atoms with van der Waals surface area (Å²) in [6.07, 6.45) is -10.2. The average molecular weight is 609 g/mol. The minimum atomic E-state index is -5.09. The van der Waals surface area contributed by atoms with Crippen molar-refractivity contribution in [1.82, 2.24) is 5.32 Å². The molecule has 0 aliphatic heterocycles. The van der Waals surface area contributed by atoms with Gasteiger partial charge in [0.05, 0.1) is 17.7 Å². The first-order valence-electron chi connectivity index (χ1n) is 12.5. The predicted octanol–water partition coefficient (Wildman–Crippen LogP) is 5.43. The molecule has 0 heterocycles. The molecular weight excluding hydrogens is 580 g/mol. The lowest BCUT2D eigenvalue weighted by Gasteiger charge is -2.26. The summed E-state index contributed by atoms with van der Waals surface area (Å²) < 4.78 is 80.2. The summed E-state index contributed by atoms with van der Waals surface area (Å²) >= 11 is 0. The van der Waals surface area contributed by atoms with Crippen LogP contribution in [0.1, 0.15) is 53.4 Å². The summed E-state index contributed by atoms with van der Waals surface area (Å²) in [5.74, 6) is -0.977. The van der Waals surface area contributed by atoms with Gasteiger partial charge in [-0.1, -0.05) is 45.0 Å². The zero-order valence-corrected chi connectivity index (χ0v) is 23.1. The molecule has 0 aromatic heterocycles. The number of carbonyl (C=O) groups excluding carboxylic acids is 2. The van der Waals surface area contributed by atoms with E-state index in [0.717, 1.165) is 10.5 Å². The summed E-state index contributed by atoms with van der Waals surface area (Å²) in [6, 6.07) is 12.4. The zero-order valence-electron chi connectivity index (χ0n) is 23.1. The number of anilines is 2. The Labute approximate surface area is 242 Å². The van der Waals surface area contributed by atoms with E-state index >= 15 is 0 Å². The van der Waals surface area contributed by atoms with E-state index in [4.69, 9.17) is 11.3 Å². The second kappa shape index (κ2) is 12.5. The lowest BCUT2D eigenvalue weighted by Crippen LogP contribution is -2.37. The molecule has 3 rings (SSSR count). The van der Waals surface area contributed by atoms with Gasteiger partial charge in [-0.3, -0.25) is 15.0 Å². The van der Waals surface area contributed by atoms with Gasteiger partial charge in [0.15, 0.2) is 0 Å². The van der Waals surface area contributed by atoms with Crippen LogP contribution in [-0.4, -0.2) is 17.9 Å². The van der Waals surface area contributed by atoms with E-state index in [0.29, 0.717) is 23.4 Å². The van der Waals surface area contributed by atoms with Crippen LogP contribution < -0.4 is 26.8 Å². The number of urea groups is 1. The summed E-state index contributed by atoms with van der Waals surface area (Å²) in [5, 5.41) is 10.7. The number of hydrogen-bond acceptors (Lipinski definition) is 3. The van der Waals surface area contributed by atoms with Crippen molar-refractivity contribution in [3.8, 4) is 0 Å². The third kappa shape index (κ3) is 8.77. The number of nitrogens with zero attached hydrogens (tertiary/aromatic N) is 3. The number of guanidine groups is 1. The molecule has 9 nitrogen and oxygen atoms in total. The summed E-state index contributed by atoms with van der Waals surface area (Å²) in [4.78, 5) is 26.9. The Hall–Kier alpha value is -4.95. The molecule has 6 N–H and O–H groups in total. The minimum Gasteiger partial charge on any atom is -0.346 e. The van der Waals surface area contributed by atoms with E-state index in [-0.39, 0.29) is 29.5 Å². The van der Waals surface area contributed by atoms with Gasteiger partial charge in [0.2, 0.25) is 0 Å². The number of amides is 3. The van der Waals surface area contributed by atoms with Crippen LogP contribution in [0.5, 0.6) is 0 Å². The molecule has 3 aromatic carbocycles. The quantitative estimate of drug-likeness (QED) is 0.0976. The van der Waals surface area contributed by atoms with Crippen molar-refractivity contribution in [2.75, 3.05) is 10.2 Å². The molecule has 0 radical (unpaired) electrons. The highest BCUT2D eigenvalue weighted by Crippen LogP contribution is 2.38. The first-order chi connectivity index (χ1) is 19.9. The van der Waals surface area contributed by atoms with E-state index in [1.54, 1.807) is 24.3 Å². The van der Waals surface area contributed by atoms with Crippen LogP contribution in [0.2, 0.25) is 0 Å². The number of carbonyl (C=O) groups is 2. The molecule has 0 bridgehead atoms. The minimum absolute atomic E-state index is 0.0272. The van der Waals surface area contributed by atoms with Crippen molar-refractivity contribution < 1.29 is 41.5 Å². The number of halogens is 6. The van der Waals surface area contributed by atoms with Crippen molar-refractivity contribution in [3.05, 3.63) is 94.5 Å². The second-order valence-electron chi connectivity index (χ2n) is 10.4.